The first-order valence-electron chi connectivity index (χ1n) is 6.32. The van der Waals surface area contributed by atoms with E-state index in [-0.39, 0.29) is 18.1 Å². The fourth-order valence-electron chi connectivity index (χ4n) is 2.51. The third kappa shape index (κ3) is 2.67. The molecule has 0 amide bonds. The lowest BCUT2D eigenvalue weighted by molar-refractivity contribution is 0.161. The summed E-state index contributed by atoms with van der Waals surface area (Å²) < 4.78 is 26.4. The van der Waals surface area contributed by atoms with Gasteiger partial charge in [0.1, 0.15) is 0 Å². The molecule has 5 nitrogen and oxygen atoms in total. The standard InChI is InChI=1S/C13H19NO4S/c1-10-2-6-13(7-3-10)19(17,18)14-11(8-15)4-5-12(14)9-16/h2-3,6-7,11-12,15-16H,4-5,8-9H2,1H3/t11-,12-/m0/s1. The van der Waals surface area contributed by atoms with Crippen molar-refractivity contribution in [3.8, 4) is 0 Å². The summed E-state index contributed by atoms with van der Waals surface area (Å²) in [5, 5.41) is 18.6. The zero-order valence-corrected chi connectivity index (χ0v) is 11.7. The number of sulfonamides is 1. The Kier molecular flexibility index (Phi) is 4.25. The number of hydrogen-bond donors (Lipinski definition) is 2. The van der Waals surface area contributed by atoms with E-state index in [2.05, 4.69) is 0 Å². The van der Waals surface area contributed by atoms with E-state index in [4.69, 9.17) is 0 Å². The number of aryl methyl sites for hydroxylation is 1. The average molecular weight is 285 g/mol. The molecule has 1 aliphatic rings. The van der Waals surface area contributed by atoms with Gasteiger partial charge >= 0.3 is 0 Å². The minimum absolute atomic E-state index is 0.205. The molecule has 1 aromatic rings. The number of rotatable bonds is 4. The highest BCUT2D eigenvalue weighted by atomic mass is 32.2. The Morgan fingerprint density at radius 1 is 1.11 bits per heavy atom. The summed E-state index contributed by atoms with van der Waals surface area (Å²) in [7, 11) is -3.66. The summed E-state index contributed by atoms with van der Waals surface area (Å²) in [4.78, 5) is 0.205. The Bertz CT molecular complexity index is 514. The van der Waals surface area contributed by atoms with Crippen molar-refractivity contribution in [3.63, 3.8) is 0 Å². The van der Waals surface area contributed by atoms with Crippen molar-refractivity contribution in [1.82, 2.24) is 4.31 Å². The van der Waals surface area contributed by atoms with Gasteiger partial charge in [-0.1, -0.05) is 17.7 Å². The molecule has 0 spiro atoms. The van der Waals surface area contributed by atoms with E-state index in [1.165, 1.54) is 4.31 Å². The lowest BCUT2D eigenvalue weighted by Gasteiger charge is -2.27. The van der Waals surface area contributed by atoms with Gasteiger partial charge < -0.3 is 10.2 Å². The molecular weight excluding hydrogens is 266 g/mol. The first kappa shape index (κ1) is 14.5. The van der Waals surface area contributed by atoms with Crippen LogP contribution in [0.25, 0.3) is 0 Å². The average Bonchev–Trinajstić information content (AvgIpc) is 2.82. The maximum atomic E-state index is 12.6. The fourth-order valence-corrected chi connectivity index (χ4v) is 4.36. The highest BCUT2D eigenvalue weighted by Crippen LogP contribution is 2.30. The first-order chi connectivity index (χ1) is 9.00. The zero-order chi connectivity index (χ0) is 14.0. The molecule has 0 aliphatic carbocycles. The predicted molar refractivity (Wildman–Crippen MR) is 71.2 cm³/mol. The van der Waals surface area contributed by atoms with Gasteiger partial charge in [0.2, 0.25) is 10.0 Å². The van der Waals surface area contributed by atoms with E-state index in [1.807, 2.05) is 6.92 Å². The largest absolute Gasteiger partial charge is 0.395 e. The summed E-state index contributed by atoms with van der Waals surface area (Å²) in [5.41, 5.74) is 0.984. The summed E-state index contributed by atoms with van der Waals surface area (Å²) in [5.74, 6) is 0. The number of aliphatic hydroxyl groups is 2. The third-order valence-corrected chi connectivity index (χ3v) is 5.59. The molecule has 1 heterocycles. The minimum Gasteiger partial charge on any atom is -0.395 e. The number of aliphatic hydroxyl groups excluding tert-OH is 2. The second-order valence-corrected chi connectivity index (χ2v) is 6.74. The van der Waals surface area contributed by atoms with Gasteiger partial charge in [0, 0.05) is 12.1 Å². The molecule has 106 valence electrons. The molecule has 1 saturated heterocycles. The van der Waals surface area contributed by atoms with Crippen molar-refractivity contribution in [2.24, 2.45) is 0 Å². The van der Waals surface area contributed by atoms with Crippen LogP contribution in [0.15, 0.2) is 29.2 Å². The molecule has 0 bridgehead atoms. The highest BCUT2D eigenvalue weighted by Gasteiger charge is 2.41. The van der Waals surface area contributed by atoms with Gasteiger partial charge in [0.15, 0.2) is 0 Å². The Balaban J connectivity index is 2.39. The van der Waals surface area contributed by atoms with E-state index >= 15 is 0 Å². The van der Waals surface area contributed by atoms with Crippen LogP contribution in [-0.4, -0.2) is 48.2 Å². The van der Waals surface area contributed by atoms with Crippen molar-refractivity contribution in [2.75, 3.05) is 13.2 Å². The van der Waals surface area contributed by atoms with E-state index in [0.717, 1.165) is 5.56 Å². The Labute approximate surface area is 113 Å². The molecule has 2 rings (SSSR count). The second-order valence-electron chi connectivity index (χ2n) is 4.90. The highest BCUT2D eigenvalue weighted by molar-refractivity contribution is 7.89. The Morgan fingerprint density at radius 3 is 2.00 bits per heavy atom. The van der Waals surface area contributed by atoms with Crippen LogP contribution in [0.3, 0.4) is 0 Å². The van der Waals surface area contributed by atoms with Crippen molar-refractivity contribution in [3.05, 3.63) is 29.8 Å². The number of benzene rings is 1. The molecule has 0 aromatic heterocycles. The van der Waals surface area contributed by atoms with Crippen molar-refractivity contribution in [2.45, 2.75) is 36.7 Å². The summed E-state index contributed by atoms with van der Waals surface area (Å²) in [6, 6.07) is 5.72. The number of nitrogens with zero attached hydrogens (tertiary/aromatic N) is 1. The molecule has 0 radical (unpaired) electrons. The molecule has 0 saturated carbocycles. The van der Waals surface area contributed by atoms with Crippen molar-refractivity contribution in [1.29, 1.82) is 0 Å². The predicted octanol–water partition coefficient (Wildman–Crippen LogP) is 0.501. The van der Waals surface area contributed by atoms with Gasteiger partial charge in [-0.2, -0.15) is 4.31 Å². The second kappa shape index (κ2) is 5.58. The maximum absolute atomic E-state index is 12.6. The van der Waals surface area contributed by atoms with E-state index in [9.17, 15) is 18.6 Å². The van der Waals surface area contributed by atoms with Crippen molar-refractivity contribution < 1.29 is 18.6 Å². The molecule has 19 heavy (non-hydrogen) atoms. The summed E-state index contributed by atoms with van der Waals surface area (Å²) >= 11 is 0. The van der Waals surface area contributed by atoms with Gasteiger partial charge in [-0.3, -0.25) is 0 Å². The van der Waals surface area contributed by atoms with Gasteiger partial charge in [-0.05, 0) is 31.9 Å². The van der Waals surface area contributed by atoms with Crippen LogP contribution in [-0.2, 0) is 10.0 Å². The van der Waals surface area contributed by atoms with Gasteiger partial charge in [0.25, 0.3) is 0 Å². The normalized spacial score (nSPS) is 24.8. The molecule has 1 aromatic carbocycles. The third-order valence-electron chi connectivity index (χ3n) is 3.57. The zero-order valence-electron chi connectivity index (χ0n) is 10.9. The van der Waals surface area contributed by atoms with E-state index in [0.29, 0.717) is 12.8 Å². The van der Waals surface area contributed by atoms with Gasteiger partial charge in [-0.15, -0.1) is 0 Å². The fraction of sp³-hybridized carbons (Fsp3) is 0.538. The van der Waals surface area contributed by atoms with Gasteiger partial charge in [-0.25, -0.2) is 8.42 Å². The molecule has 1 fully saturated rings. The maximum Gasteiger partial charge on any atom is 0.243 e. The van der Waals surface area contributed by atoms with E-state index in [1.54, 1.807) is 24.3 Å². The topological polar surface area (TPSA) is 77.8 Å². The smallest absolute Gasteiger partial charge is 0.243 e. The molecule has 0 unspecified atom stereocenters. The summed E-state index contributed by atoms with van der Waals surface area (Å²) in [6.07, 6.45) is 1.15. The summed E-state index contributed by atoms with van der Waals surface area (Å²) in [6.45, 7) is 1.45. The van der Waals surface area contributed by atoms with Crippen LogP contribution in [0.4, 0.5) is 0 Å². The minimum atomic E-state index is -3.66. The number of hydrogen-bond acceptors (Lipinski definition) is 4. The molecule has 2 atom stereocenters. The first-order valence-corrected chi connectivity index (χ1v) is 7.76. The molecule has 2 N–H and O–H groups in total. The van der Waals surface area contributed by atoms with Gasteiger partial charge in [0.05, 0.1) is 18.1 Å². The van der Waals surface area contributed by atoms with Crippen LogP contribution >= 0.6 is 0 Å². The Morgan fingerprint density at radius 2 is 1.58 bits per heavy atom. The molecule has 1 aliphatic heterocycles. The lowest BCUT2D eigenvalue weighted by atomic mass is 10.2. The Hall–Kier alpha value is -0.950. The van der Waals surface area contributed by atoms with Crippen LogP contribution in [0.1, 0.15) is 18.4 Å². The SMILES string of the molecule is Cc1ccc(S(=O)(=O)N2[C@H](CO)CC[C@H]2CO)cc1. The van der Waals surface area contributed by atoms with Crippen LogP contribution in [0.5, 0.6) is 0 Å². The van der Waals surface area contributed by atoms with Crippen molar-refractivity contribution >= 4 is 10.0 Å². The van der Waals surface area contributed by atoms with Crippen LogP contribution in [0, 0.1) is 6.92 Å². The molecular formula is C13H19NO4S. The molecule has 6 heteroatoms. The lowest BCUT2D eigenvalue weighted by Crippen LogP contribution is -2.44. The van der Waals surface area contributed by atoms with E-state index < -0.39 is 22.1 Å². The van der Waals surface area contributed by atoms with Crippen LogP contribution < -0.4 is 0 Å². The van der Waals surface area contributed by atoms with Crippen LogP contribution in [0.2, 0.25) is 0 Å². The monoisotopic (exact) mass is 285 g/mol. The quantitative estimate of drug-likeness (QED) is 0.844.